The highest BCUT2D eigenvalue weighted by Crippen LogP contribution is 2.36. The van der Waals surface area contributed by atoms with Gasteiger partial charge in [-0.2, -0.15) is 0 Å². The molecule has 0 radical (unpaired) electrons. The van der Waals surface area contributed by atoms with Crippen molar-refractivity contribution in [3.63, 3.8) is 0 Å². The van der Waals surface area contributed by atoms with Gasteiger partial charge in [-0.25, -0.2) is 9.59 Å². The molecule has 0 aromatic heterocycles. The lowest BCUT2D eigenvalue weighted by atomic mass is 9.79. The van der Waals surface area contributed by atoms with E-state index in [1.807, 2.05) is 52.0 Å². The summed E-state index contributed by atoms with van der Waals surface area (Å²) in [5.74, 6) is 0.116. The zero-order chi connectivity index (χ0) is 23.9. The van der Waals surface area contributed by atoms with Gasteiger partial charge in [0.1, 0.15) is 23.5 Å². The Morgan fingerprint density at radius 3 is 2.31 bits per heavy atom. The van der Waals surface area contributed by atoms with Crippen LogP contribution in [0.25, 0.3) is 0 Å². The smallest absolute Gasteiger partial charge is 0.489 e. The summed E-state index contributed by atoms with van der Waals surface area (Å²) >= 11 is 0. The third-order valence-electron chi connectivity index (χ3n) is 6.05. The minimum absolute atomic E-state index is 0.218. The van der Waals surface area contributed by atoms with Gasteiger partial charge in [-0.05, 0) is 66.1 Å². The van der Waals surface area contributed by atoms with Crippen LogP contribution in [0.3, 0.4) is 0 Å². The Hall–Kier alpha value is -2.26. The lowest BCUT2D eigenvalue weighted by Crippen LogP contribution is -2.44. The predicted octanol–water partition coefficient (Wildman–Crippen LogP) is 2.92. The Kier molecular flexibility index (Phi) is 6.55. The number of carbonyl (C=O) groups excluding carboxylic acids is 2. The van der Waals surface area contributed by atoms with E-state index in [4.69, 9.17) is 23.5 Å². The summed E-state index contributed by atoms with van der Waals surface area (Å²) in [6, 6.07) is 6.73. The lowest BCUT2D eigenvalue weighted by molar-refractivity contribution is -0.145. The number of hydrogen-bond acceptors (Lipinski definition) is 7. The summed E-state index contributed by atoms with van der Waals surface area (Å²) in [5.41, 5.74) is -0.718. The average molecular weight is 447 g/mol. The van der Waals surface area contributed by atoms with E-state index in [0.717, 1.165) is 5.46 Å². The minimum atomic E-state index is -0.758. The second-order valence-corrected chi connectivity index (χ2v) is 10.3. The summed E-state index contributed by atoms with van der Waals surface area (Å²) in [7, 11) is 0.797. The first-order valence-corrected chi connectivity index (χ1v) is 10.9. The number of benzene rings is 1. The van der Waals surface area contributed by atoms with Crippen LogP contribution in [-0.4, -0.2) is 66.7 Å². The largest absolute Gasteiger partial charge is 0.494 e. The van der Waals surface area contributed by atoms with Crippen LogP contribution in [0.4, 0.5) is 4.79 Å². The fourth-order valence-electron chi connectivity index (χ4n) is 3.67. The van der Waals surface area contributed by atoms with Crippen LogP contribution in [0.15, 0.2) is 24.3 Å². The van der Waals surface area contributed by atoms with Gasteiger partial charge in [0, 0.05) is 6.42 Å². The number of rotatable bonds is 4. The molecule has 0 aliphatic carbocycles. The predicted molar refractivity (Wildman–Crippen MR) is 120 cm³/mol. The van der Waals surface area contributed by atoms with Crippen LogP contribution in [0, 0.1) is 0 Å². The molecule has 8 nitrogen and oxygen atoms in total. The maximum absolute atomic E-state index is 12.6. The van der Waals surface area contributed by atoms with E-state index in [2.05, 4.69) is 0 Å². The Morgan fingerprint density at radius 1 is 1.12 bits per heavy atom. The van der Waals surface area contributed by atoms with E-state index in [9.17, 15) is 9.59 Å². The summed E-state index contributed by atoms with van der Waals surface area (Å²) in [6.45, 7) is 13.6. The van der Waals surface area contributed by atoms with Crippen LogP contribution in [0.1, 0.15) is 54.9 Å². The van der Waals surface area contributed by atoms with Gasteiger partial charge < -0.3 is 23.5 Å². The highest BCUT2D eigenvalue weighted by atomic mass is 16.7. The van der Waals surface area contributed by atoms with Gasteiger partial charge in [-0.15, -0.1) is 0 Å². The molecule has 3 rings (SSSR count). The Bertz CT molecular complexity index is 848. The van der Waals surface area contributed by atoms with Gasteiger partial charge in [-0.1, -0.05) is 12.1 Å². The number of carbonyl (C=O) groups is 2. The zero-order valence-electron chi connectivity index (χ0n) is 20.3. The molecular formula is C23H34BNO7. The van der Waals surface area contributed by atoms with Crippen molar-refractivity contribution in [2.24, 2.45) is 0 Å². The molecular weight excluding hydrogens is 413 g/mol. The van der Waals surface area contributed by atoms with Crippen LogP contribution in [-0.2, 0) is 23.6 Å². The van der Waals surface area contributed by atoms with Gasteiger partial charge in [0.2, 0.25) is 0 Å². The second kappa shape index (κ2) is 8.59. The number of likely N-dealkylation sites (tertiary alicyclic amines) is 1. The maximum Gasteiger partial charge on any atom is 0.494 e. The van der Waals surface area contributed by atoms with E-state index in [-0.39, 0.29) is 12.6 Å². The molecule has 2 saturated heterocycles. The molecule has 9 heteroatoms. The van der Waals surface area contributed by atoms with E-state index in [1.165, 1.54) is 12.0 Å². The summed E-state index contributed by atoms with van der Waals surface area (Å²) < 4.78 is 28.7. The molecule has 2 heterocycles. The molecule has 0 unspecified atom stereocenters. The highest BCUT2D eigenvalue weighted by molar-refractivity contribution is 6.62. The van der Waals surface area contributed by atoms with E-state index in [0.29, 0.717) is 12.2 Å². The normalized spacial score (nSPS) is 24.4. The lowest BCUT2D eigenvalue weighted by Gasteiger charge is -2.32. The van der Waals surface area contributed by atoms with Crippen LogP contribution in [0.2, 0.25) is 0 Å². The van der Waals surface area contributed by atoms with Crippen molar-refractivity contribution in [3.05, 3.63) is 24.3 Å². The monoisotopic (exact) mass is 447 g/mol. The molecule has 32 heavy (non-hydrogen) atoms. The molecule has 0 bridgehead atoms. The third-order valence-corrected chi connectivity index (χ3v) is 6.05. The molecule has 2 aliphatic heterocycles. The van der Waals surface area contributed by atoms with Crippen LogP contribution < -0.4 is 10.2 Å². The van der Waals surface area contributed by atoms with Crippen molar-refractivity contribution in [2.45, 2.75) is 83.8 Å². The highest BCUT2D eigenvalue weighted by Gasteiger charge is 2.52. The Morgan fingerprint density at radius 2 is 1.75 bits per heavy atom. The Balaban J connectivity index is 1.73. The van der Waals surface area contributed by atoms with Gasteiger partial charge in [0.25, 0.3) is 0 Å². The average Bonchev–Trinajstić information content (AvgIpc) is 3.18. The SMILES string of the molecule is COC(=O)[C@@H]1C[C@H](Oc2cccc(B3OC(C)(C)C(C)(C)O3)c2)CN1C(=O)OC(C)(C)C. The fourth-order valence-corrected chi connectivity index (χ4v) is 3.67. The van der Waals surface area contributed by atoms with Crippen molar-refractivity contribution < 1.29 is 33.1 Å². The van der Waals surface area contributed by atoms with Crippen molar-refractivity contribution >= 4 is 24.6 Å². The molecule has 0 saturated carbocycles. The second-order valence-electron chi connectivity index (χ2n) is 10.3. The molecule has 176 valence electrons. The van der Waals surface area contributed by atoms with Gasteiger partial charge in [0.15, 0.2) is 0 Å². The van der Waals surface area contributed by atoms with Crippen molar-refractivity contribution in [1.29, 1.82) is 0 Å². The van der Waals surface area contributed by atoms with Gasteiger partial charge in [0.05, 0.1) is 24.9 Å². The van der Waals surface area contributed by atoms with E-state index >= 15 is 0 Å². The van der Waals surface area contributed by atoms with Crippen molar-refractivity contribution in [1.82, 2.24) is 4.90 Å². The van der Waals surface area contributed by atoms with Gasteiger partial charge >= 0.3 is 19.2 Å². The first-order valence-electron chi connectivity index (χ1n) is 10.9. The van der Waals surface area contributed by atoms with Crippen LogP contribution in [0.5, 0.6) is 5.75 Å². The first kappa shape index (κ1) is 24.4. The zero-order valence-corrected chi connectivity index (χ0v) is 20.3. The topological polar surface area (TPSA) is 83.5 Å². The molecule has 1 aromatic carbocycles. The molecule has 2 aliphatic rings. The molecule has 1 aromatic rings. The summed E-state index contributed by atoms with van der Waals surface area (Å²) in [5, 5.41) is 0. The van der Waals surface area contributed by atoms with E-state index in [1.54, 1.807) is 20.8 Å². The number of esters is 1. The van der Waals surface area contributed by atoms with Crippen molar-refractivity contribution in [3.8, 4) is 5.75 Å². The quantitative estimate of drug-likeness (QED) is 0.519. The molecule has 0 spiro atoms. The molecule has 2 fully saturated rings. The number of nitrogens with zero attached hydrogens (tertiary/aromatic N) is 1. The van der Waals surface area contributed by atoms with Crippen molar-refractivity contribution in [2.75, 3.05) is 13.7 Å². The van der Waals surface area contributed by atoms with E-state index < -0.39 is 42.0 Å². The number of methoxy groups -OCH3 is 1. The van der Waals surface area contributed by atoms with Gasteiger partial charge in [-0.3, -0.25) is 4.90 Å². The first-order chi connectivity index (χ1) is 14.7. The minimum Gasteiger partial charge on any atom is -0.489 e. The standard InChI is InChI=1S/C23H34BNO7/c1-21(2,3)30-20(27)25-14-17(13-18(25)19(26)28-8)29-16-11-9-10-15(12-16)24-31-22(4,5)23(6,7)32-24/h9-12,17-18H,13-14H2,1-8H3/t17-,18-/m0/s1. The molecule has 2 atom stereocenters. The number of hydrogen-bond donors (Lipinski definition) is 0. The summed E-state index contributed by atoms with van der Waals surface area (Å²) in [6.07, 6.45) is -0.641. The van der Waals surface area contributed by atoms with Crippen LogP contribution >= 0.6 is 0 Å². The fraction of sp³-hybridized carbons (Fsp3) is 0.652. The molecule has 1 amide bonds. The summed E-state index contributed by atoms with van der Waals surface area (Å²) in [4.78, 5) is 26.3. The Labute approximate surface area is 190 Å². The third kappa shape index (κ3) is 5.21. The number of ether oxygens (including phenoxy) is 3. The molecule has 0 N–H and O–H groups in total. The number of amides is 1. The maximum atomic E-state index is 12.6.